The number of fused-ring (bicyclic) bond motifs is 1. The molecule has 0 fully saturated rings. The van der Waals surface area contributed by atoms with Crippen molar-refractivity contribution in [3.8, 4) is 0 Å². The summed E-state index contributed by atoms with van der Waals surface area (Å²) in [5.74, 6) is 0. The van der Waals surface area contributed by atoms with Gasteiger partial charge in [-0.2, -0.15) is 0 Å². The molecule has 1 heterocycles. The standard InChI is InChI=1S/C19H22N2O2S/c1-14(15-6-8-17(9-7-15)24(2,22)23)20-12-10-16-4-3-5-19-18(16)11-13-21-19/h3-9,11,13-14,20-21H,10,12H2,1-2H3/t14-/m1/s1. The molecule has 0 radical (unpaired) electrons. The third kappa shape index (κ3) is 3.68. The fourth-order valence-electron chi connectivity index (χ4n) is 2.91. The molecule has 0 saturated heterocycles. The third-order valence-corrected chi connectivity index (χ3v) is 5.47. The van der Waals surface area contributed by atoms with Crippen LogP contribution in [0.1, 0.15) is 24.1 Å². The van der Waals surface area contributed by atoms with E-state index >= 15 is 0 Å². The Hall–Kier alpha value is -2.11. The minimum absolute atomic E-state index is 0.170. The van der Waals surface area contributed by atoms with Crippen LogP contribution in [0.15, 0.2) is 59.6 Å². The van der Waals surface area contributed by atoms with Crippen molar-refractivity contribution < 1.29 is 8.42 Å². The number of rotatable bonds is 6. The second-order valence-electron chi connectivity index (χ2n) is 6.12. The van der Waals surface area contributed by atoms with Gasteiger partial charge in [-0.05, 0) is 55.3 Å². The van der Waals surface area contributed by atoms with Crippen molar-refractivity contribution in [1.82, 2.24) is 10.3 Å². The molecule has 3 aromatic rings. The lowest BCUT2D eigenvalue weighted by molar-refractivity contribution is 0.576. The smallest absolute Gasteiger partial charge is 0.175 e. The van der Waals surface area contributed by atoms with Crippen LogP contribution >= 0.6 is 0 Å². The molecule has 0 aliphatic rings. The number of aromatic amines is 1. The summed E-state index contributed by atoms with van der Waals surface area (Å²) in [4.78, 5) is 3.59. The Kier molecular flexibility index (Phi) is 4.73. The first-order valence-electron chi connectivity index (χ1n) is 8.03. The van der Waals surface area contributed by atoms with E-state index in [-0.39, 0.29) is 6.04 Å². The zero-order valence-corrected chi connectivity index (χ0v) is 14.7. The molecular weight excluding hydrogens is 320 g/mol. The first-order chi connectivity index (χ1) is 11.4. The number of hydrogen-bond acceptors (Lipinski definition) is 3. The summed E-state index contributed by atoms with van der Waals surface area (Å²) < 4.78 is 23.0. The lowest BCUT2D eigenvalue weighted by Gasteiger charge is -2.15. The zero-order chi connectivity index (χ0) is 17.2. The van der Waals surface area contributed by atoms with Crippen LogP contribution < -0.4 is 5.32 Å². The van der Waals surface area contributed by atoms with E-state index in [2.05, 4.69) is 41.5 Å². The van der Waals surface area contributed by atoms with Crippen LogP contribution in [0.5, 0.6) is 0 Å². The van der Waals surface area contributed by atoms with Gasteiger partial charge in [-0.3, -0.25) is 0 Å². The molecule has 2 aromatic carbocycles. The highest BCUT2D eigenvalue weighted by Gasteiger charge is 2.09. The van der Waals surface area contributed by atoms with Gasteiger partial charge in [0, 0.05) is 29.4 Å². The van der Waals surface area contributed by atoms with Crippen molar-refractivity contribution >= 4 is 20.7 Å². The number of sulfone groups is 1. The Labute approximate surface area is 142 Å². The summed E-state index contributed by atoms with van der Waals surface area (Å²) >= 11 is 0. The van der Waals surface area contributed by atoms with Gasteiger partial charge in [0.15, 0.2) is 9.84 Å². The van der Waals surface area contributed by atoms with Gasteiger partial charge in [-0.1, -0.05) is 24.3 Å². The number of H-pyrrole nitrogens is 1. The van der Waals surface area contributed by atoms with Crippen LogP contribution in [0.2, 0.25) is 0 Å². The van der Waals surface area contributed by atoms with Gasteiger partial charge in [0.05, 0.1) is 4.90 Å². The highest BCUT2D eigenvalue weighted by atomic mass is 32.2. The van der Waals surface area contributed by atoms with Crippen LogP contribution in [0.3, 0.4) is 0 Å². The van der Waals surface area contributed by atoms with E-state index in [0.717, 1.165) is 24.0 Å². The number of nitrogens with one attached hydrogen (secondary N) is 2. The molecule has 1 atom stereocenters. The van der Waals surface area contributed by atoms with Crippen molar-refractivity contribution in [2.75, 3.05) is 12.8 Å². The first kappa shape index (κ1) is 16.7. The van der Waals surface area contributed by atoms with Crippen molar-refractivity contribution in [3.63, 3.8) is 0 Å². The normalized spacial score (nSPS) is 13.2. The van der Waals surface area contributed by atoms with Crippen LogP contribution in [-0.2, 0) is 16.3 Å². The minimum Gasteiger partial charge on any atom is -0.361 e. The van der Waals surface area contributed by atoms with E-state index < -0.39 is 9.84 Å². The van der Waals surface area contributed by atoms with Crippen LogP contribution in [0, 0.1) is 0 Å². The maximum atomic E-state index is 11.5. The van der Waals surface area contributed by atoms with Crippen molar-refractivity contribution in [2.45, 2.75) is 24.3 Å². The topological polar surface area (TPSA) is 62.0 Å². The van der Waals surface area contributed by atoms with Crippen molar-refractivity contribution in [1.29, 1.82) is 0 Å². The summed E-state index contributed by atoms with van der Waals surface area (Å²) in [5, 5.41) is 4.77. The average Bonchev–Trinajstić information content (AvgIpc) is 3.03. The van der Waals surface area contributed by atoms with Crippen LogP contribution in [0.4, 0.5) is 0 Å². The summed E-state index contributed by atoms with van der Waals surface area (Å²) in [6.07, 6.45) is 4.14. The molecule has 0 spiro atoms. The molecule has 5 heteroatoms. The minimum atomic E-state index is -3.14. The summed E-state index contributed by atoms with van der Waals surface area (Å²) in [6, 6.07) is 15.7. The largest absolute Gasteiger partial charge is 0.361 e. The van der Waals surface area contributed by atoms with Gasteiger partial charge in [0.25, 0.3) is 0 Å². The molecule has 4 nitrogen and oxygen atoms in total. The van der Waals surface area contributed by atoms with Gasteiger partial charge in [0.1, 0.15) is 0 Å². The van der Waals surface area contributed by atoms with Crippen molar-refractivity contribution in [2.24, 2.45) is 0 Å². The number of hydrogen-bond donors (Lipinski definition) is 2. The van der Waals surface area contributed by atoms with Gasteiger partial charge in [0.2, 0.25) is 0 Å². The second kappa shape index (κ2) is 6.79. The highest BCUT2D eigenvalue weighted by Crippen LogP contribution is 2.19. The lowest BCUT2D eigenvalue weighted by Crippen LogP contribution is -2.21. The van der Waals surface area contributed by atoms with Gasteiger partial charge in [-0.15, -0.1) is 0 Å². The molecule has 126 valence electrons. The Bertz CT molecular complexity index is 927. The van der Waals surface area contributed by atoms with Crippen LogP contribution in [0.25, 0.3) is 10.9 Å². The number of benzene rings is 2. The quantitative estimate of drug-likeness (QED) is 0.721. The van der Waals surface area contributed by atoms with Crippen molar-refractivity contribution in [3.05, 3.63) is 65.9 Å². The Morgan fingerprint density at radius 1 is 1.08 bits per heavy atom. The van der Waals surface area contributed by atoms with Gasteiger partial charge >= 0.3 is 0 Å². The molecule has 0 aliphatic carbocycles. The molecule has 2 N–H and O–H groups in total. The Morgan fingerprint density at radius 3 is 2.54 bits per heavy atom. The van der Waals surface area contributed by atoms with Gasteiger partial charge < -0.3 is 10.3 Å². The van der Waals surface area contributed by atoms with E-state index in [1.165, 1.54) is 17.2 Å². The SMILES string of the molecule is C[C@@H](NCCc1cccc2[nH]ccc12)c1ccc(S(C)(=O)=O)cc1. The molecular formula is C19H22N2O2S. The van der Waals surface area contributed by atoms with E-state index in [0.29, 0.717) is 4.90 Å². The molecule has 0 amide bonds. The Morgan fingerprint density at radius 2 is 1.83 bits per heavy atom. The molecule has 1 aromatic heterocycles. The predicted molar refractivity (Wildman–Crippen MR) is 98.0 cm³/mol. The monoisotopic (exact) mass is 342 g/mol. The lowest BCUT2D eigenvalue weighted by atomic mass is 10.1. The van der Waals surface area contributed by atoms with E-state index in [1.54, 1.807) is 12.1 Å². The van der Waals surface area contributed by atoms with E-state index in [9.17, 15) is 8.42 Å². The van der Waals surface area contributed by atoms with E-state index in [1.807, 2.05) is 18.3 Å². The molecule has 24 heavy (non-hydrogen) atoms. The second-order valence-corrected chi connectivity index (χ2v) is 8.14. The maximum Gasteiger partial charge on any atom is 0.175 e. The highest BCUT2D eigenvalue weighted by molar-refractivity contribution is 7.90. The van der Waals surface area contributed by atoms with E-state index in [4.69, 9.17) is 0 Å². The average molecular weight is 342 g/mol. The number of aromatic nitrogens is 1. The van der Waals surface area contributed by atoms with Crippen LogP contribution in [-0.4, -0.2) is 26.2 Å². The fourth-order valence-corrected chi connectivity index (χ4v) is 3.54. The summed E-state index contributed by atoms with van der Waals surface area (Å²) in [7, 11) is -3.14. The maximum absolute atomic E-state index is 11.5. The predicted octanol–water partition coefficient (Wildman–Crippen LogP) is 3.46. The third-order valence-electron chi connectivity index (χ3n) is 4.34. The molecule has 0 unspecified atom stereocenters. The molecule has 0 saturated carbocycles. The first-order valence-corrected chi connectivity index (χ1v) is 9.92. The molecule has 0 aliphatic heterocycles. The Balaban J connectivity index is 1.61. The molecule has 3 rings (SSSR count). The molecule has 0 bridgehead atoms. The summed E-state index contributed by atoms with van der Waals surface area (Å²) in [5.41, 5.74) is 3.57. The summed E-state index contributed by atoms with van der Waals surface area (Å²) in [6.45, 7) is 2.95. The fraction of sp³-hybridized carbons (Fsp3) is 0.263. The zero-order valence-electron chi connectivity index (χ0n) is 13.9. The van der Waals surface area contributed by atoms with Gasteiger partial charge in [-0.25, -0.2) is 8.42 Å².